The lowest BCUT2D eigenvalue weighted by Crippen LogP contribution is -2.33. The van der Waals surface area contributed by atoms with Gasteiger partial charge < -0.3 is 10.2 Å². The highest BCUT2D eigenvalue weighted by Crippen LogP contribution is 2.36. The van der Waals surface area contributed by atoms with Crippen LogP contribution in [-0.4, -0.2) is 24.1 Å². The fourth-order valence-electron chi connectivity index (χ4n) is 3.26. The van der Waals surface area contributed by atoms with Gasteiger partial charge in [0.05, 0.1) is 17.3 Å². The second-order valence-corrected chi connectivity index (χ2v) is 6.75. The van der Waals surface area contributed by atoms with E-state index in [1.54, 1.807) is 12.1 Å². The van der Waals surface area contributed by atoms with Crippen molar-refractivity contribution in [3.8, 4) is 0 Å². The minimum Gasteiger partial charge on any atom is -0.381 e. The molecule has 116 valence electrons. The number of nitrogens with zero attached hydrogens (tertiary/aromatic N) is 2. The van der Waals surface area contributed by atoms with Crippen LogP contribution >= 0.6 is 0 Å². The van der Waals surface area contributed by atoms with Crippen molar-refractivity contribution in [1.82, 2.24) is 4.98 Å². The Bertz CT molecular complexity index is 688. The summed E-state index contributed by atoms with van der Waals surface area (Å²) in [5.74, 6) is 1.39. The summed E-state index contributed by atoms with van der Waals surface area (Å²) in [4.78, 5) is 6.86. The van der Waals surface area contributed by atoms with Crippen molar-refractivity contribution in [2.24, 2.45) is 5.92 Å². The molecule has 1 aliphatic carbocycles. The SMILES string of the molecule is CC1CCN(c2ncc(NC3CC3)c3cccc(F)c23)CC1. The molecule has 0 unspecified atom stereocenters. The van der Waals surface area contributed by atoms with Crippen LogP contribution in [-0.2, 0) is 0 Å². The molecule has 2 aliphatic rings. The van der Waals surface area contributed by atoms with E-state index in [0.29, 0.717) is 11.4 Å². The summed E-state index contributed by atoms with van der Waals surface area (Å²) in [7, 11) is 0. The van der Waals surface area contributed by atoms with Gasteiger partial charge in [0.1, 0.15) is 11.6 Å². The van der Waals surface area contributed by atoms with Gasteiger partial charge in [0.15, 0.2) is 0 Å². The van der Waals surface area contributed by atoms with Crippen molar-refractivity contribution in [2.75, 3.05) is 23.3 Å². The van der Waals surface area contributed by atoms with Gasteiger partial charge in [-0.1, -0.05) is 19.1 Å². The van der Waals surface area contributed by atoms with E-state index in [9.17, 15) is 4.39 Å². The number of aromatic nitrogens is 1. The molecule has 2 fully saturated rings. The van der Waals surface area contributed by atoms with Crippen LogP contribution in [0.2, 0.25) is 0 Å². The van der Waals surface area contributed by atoms with E-state index in [0.717, 1.165) is 48.7 Å². The van der Waals surface area contributed by atoms with Crippen molar-refractivity contribution in [3.05, 3.63) is 30.2 Å². The van der Waals surface area contributed by atoms with Crippen molar-refractivity contribution in [1.29, 1.82) is 0 Å². The number of hydrogen-bond donors (Lipinski definition) is 1. The third-order valence-corrected chi connectivity index (χ3v) is 4.86. The minimum atomic E-state index is -0.168. The zero-order valence-electron chi connectivity index (χ0n) is 13.0. The molecule has 0 radical (unpaired) electrons. The molecular formula is C18H22FN3. The molecule has 3 nitrogen and oxygen atoms in total. The van der Waals surface area contributed by atoms with Crippen LogP contribution in [0.15, 0.2) is 24.4 Å². The summed E-state index contributed by atoms with van der Waals surface area (Å²) in [6, 6.07) is 5.87. The van der Waals surface area contributed by atoms with E-state index in [2.05, 4.69) is 22.1 Å². The second-order valence-electron chi connectivity index (χ2n) is 6.75. The fourth-order valence-corrected chi connectivity index (χ4v) is 3.26. The molecule has 1 saturated heterocycles. The Labute approximate surface area is 130 Å². The lowest BCUT2D eigenvalue weighted by Gasteiger charge is -2.32. The summed E-state index contributed by atoms with van der Waals surface area (Å²) in [6.45, 7) is 4.21. The molecule has 22 heavy (non-hydrogen) atoms. The van der Waals surface area contributed by atoms with Gasteiger partial charge in [-0.05, 0) is 37.7 Å². The molecule has 1 aliphatic heterocycles. The van der Waals surface area contributed by atoms with Crippen LogP contribution in [0.4, 0.5) is 15.9 Å². The third kappa shape index (κ3) is 2.51. The van der Waals surface area contributed by atoms with E-state index in [1.165, 1.54) is 12.8 Å². The van der Waals surface area contributed by atoms with Crippen LogP contribution < -0.4 is 10.2 Å². The summed E-state index contributed by atoms with van der Waals surface area (Å²) in [5, 5.41) is 5.10. The van der Waals surface area contributed by atoms with Gasteiger partial charge in [0.2, 0.25) is 0 Å². The smallest absolute Gasteiger partial charge is 0.139 e. The van der Waals surface area contributed by atoms with Crippen molar-refractivity contribution in [3.63, 3.8) is 0 Å². The molecule has 2 heterocycles. The number of benzene rings is 1. The van der Waals surface area contributed by atoms with E-state index in [-0.39, 0.29) is 5.82 Å². The maximum Gasteiger partial charge on any atom is 0.139 e. The Kier molecular flexibility index (Phi) is 3.40. The van der Waals surface area contributed by atoms with Crippen molar-refractivity contribution in [2.45, 2.75) is 38.6 Å². The van der Waals surface area contributed by atoms with Crippen LogP contribution in [0.5, 0.6) is 0 Å². The number of hydrogen-bond acceptors (Lipinski definition) is 3. The first-order valence-corrected chi connectivity index (χ1v) is 8.31. The highest BCUT2D eigenvalue weighted by atomic mass is 19.1. The lowest BCUT2D eigenvalue weighted by molar-refractivity contribution is 0.437. The summed E-state index contributed by atoms with van der Waals surface area (Å²) < 4.78 is 14.5. The standard InChI is InChI=1S/C18H22FN3/c1-12-7-9-22(10-8-12)18-17-14(3-2-4-15(17)19)16(11-20-18)21-13-5-6-13/h2-4,11-13,21H,5-10H2,1H3. The van der Waals surface area contributed by atoms with Crippen LogP contribution in [0.3, 0.4) is 0 Å². The van der Waals surface area contributed by atoms with Crippen LogP contribution in [0, 0.1) is 11.7 Å². The van der Waals surface area contributed by atoms with Crippen LogP contribution in [0.25, 0.3) is 10.8 Å². The van der Waals surface area contributed by atoms with E-state index < -0.39 is 0 Å². The zero-order valence-corrected chi connectivity index (χ0v) is 13.0. The number of halogens is 1. The topological polar surface area (TPSA) is 28.2 Å². The molecule has 1 saturated carbocycles. The Hall–Kier alpha value is -1.84. The summed E-state index contributed by atoms with van der Waals surface area (Å²) in [5.41, 5.74) is 0.964. The van der Waals surface area contributed by atoms with Gasteiger partial charge >= 0.3 is 0 Å². The summed E-state index contributed by atoms with van der Waals surface area (Å²) >= 11 is 0. The molecule has 0 bridgehead atoms. The predicted molar refractivity (Wildman–Crippen MR) is 89.0 cm³/mol. The highest BCUT2D eigenvalue weighted by molar-refractivity contribution is 6.00. The van der Waals surface area contributed by atoms with Gasteiger partial charge in [-0.25, -0.2) is 9.37 Å². The van der Waals surface area contributed by atoms with Gasteiger partial charge in [-0.15, -0.1) is 0 Å². The quantitative estimate of drug-likeness (QED) is 0.921. The molecule has 4 heteroatoms. The lowest BCUT2D eigenvalue weighted by atomic mass is 9.98. The Balaban J connectivity index is 1.78. The molecule has 0 atom stereocenters. The number of pyridine rings is 1. The molecular weight excluding hydrogens is 277 g/mol. The molecule has 0 spiro atoms. The van der Waals surface area contributed by atoms with Gasteiger partial charge in [0, 0.05) is 24.5 Å². The average molecular weight is 299 g/mol. The van der Waals surface area contributed by atoms with Gasteiger partial charge in [0.25, 0.3) is 0 Å². The van der Waals surface area contributed by atoms with Crippen molar-refractivity contribution < 1.29 is 4.39 Å². The van der Waals surface area contributed by atoms with Gasteiger partial charge in [-0.3, -0.25) is 0 Å². The minimum absolute atomic E-state index is 0.168. The summed E-state index contributed by atoms with van der Waals surface area (Å²) in [6.07, 6.45) is 6.58. The first-order chi connectivity index (χ1) is 10.7. The Morgan fingerprint density at radius 2 is 1.95 bits per heavy atom. The molecule has 1 aromatic carbocycles. The van der Waals surface area contributed by atoms with E-state index >= 15 is 0 Å². The number of nitrogens with one attached hydrogen (secondary N) is 1. The Morgan fingerprint density at radius 3 is 2.68 bits per heavy atom. The normalized spacial score (nSPS) is 19.6. The van der Waals surface area contributed by atoms with Crippen LogP contribution in [0.1, 0.15) is 32.6 Å². The monoisotopic (exact) mass is 299 g/mol. The van der Waals surface area contributed by atoms with Crippen molar-refractivity contribution >= 4 is 22.3 Å². The maximum atomic E-state index is 14.5. The molecule has 1 aromatic heterocycles. The Morgan fingerprint density at radius 1 is 1.18 bits per heavy atom. The fraction of sp³-hybridized carbons (Fsp3) is 0.500. The first kappa shape index (κ1) is 13.8. The number of piperidine rings is 1. The molecule has 1 N–H and O–H groups in total. The molecule has 0 amide bonds. The average Bonchev–Trinajstić information content (AvgIpc) is 3.33. The molecule has 4 rings (SSSR count). The van der Waals surface area contributed by atoms with E-state index in [4.69, 9.17) is 0 Å². The molecule has 2 aromatic rings. The van der Waals surface area contributed by atoms with E-state index in [1.807, 2.05) is 12.3 Å². The van der Waals surface area contributed by atoms with Gasteiger partial charge in [-0.2, -0.15) is 0 Å². The first-order valence-electron chi connectivity index (χ1n) is 8.31. The second kappa shape index (κ2) is 5.41. The largest absolute Gasteiger partial charge is 0.381 e. The highest BCUT2D eigenvalue weighted by Gasteiger charge is 2.24. The number of anilines is 2. The number of rotatable bonds is 3. The number of fused-ring (bicyclic) bond motifs is 1. The zero-order chi connectivity index (χ0) is 15.1. The maximum absolute atomic E-state index is 14.5. The predicted octanol–water partition coefficient (Wildman–Crippen LogP) is 4.18. The third-order valence-electron chi connectivity index (χ3n) is 4.86.